The Bertz CT molecular complexity index is 546. The number of nitrogens with one attached hydrogen (secondary N) is 1. The van der Waals surface area contributed by atoms with Crippen molar-refractivity contribution in [3.05, 3.63) is 23.8 Å². The zero-order chi connectivity index (χ0) is 17.9. The number of hydrogen-bond donors (Lipinski definition) is 1. The molecule has 0 spiro atoms. The van der Waals surface area contributed by atoms with Crippen LogP contribution in [0.3, 0.4) is 0 Å². The van der Waals surface area contributed by atoms with Gasteiger partial charge in [0.25, 0.3) is 0 Å². The highest BCUT2D eigenvalue weighted by molar-refractivity contribution is 5.96. The Hall–Kier alpha value is -2.24. The van der Waals surface area contributed by atoms with Crippen LogP contribution in [0.2, 0.25) is 0 Å². The van der Waals surface area contributed by atoms with Gasteiger partial charge in [-0.3, -0.25) is 9.59 Å². The van der Waals surface area contributed by atoms with Crippen LogP contribution in [-0.2, 0) is 16.0 Å². The van der Waals surface area contributed by atoms with Gasteiger partial charge in [-0.15, -0.1) is 0 Å². The van der Waals surface area contributed by atoms with Crippen molar-refractivity contribution in [3.8, 4) is 11.5 Å². The summed E-state index contributed by atoms with van der Waals surface area (Å²) in [6.45, 7) is 3.23. The minimum Gasteiger partial charge on any atom is -0.493 e. The number of nitrogens with zero attached hydrogens (tertiary/aromatic N) is 1. The summed E-state index contributed by atoms with van der Waals surface area (Å²) < 4.78 is 10.4. The number of hydrogen-bond acceptors (Lipinski definition) is 4. The van der Waals surface area contributed by atoms with Gasteiger partial charge in [0.15, 0.2) is 11.5 Å². The quantitative estimate of drug-likeness (QED) is 0.664. The fraction of sp³-hybridized carbons (Fsp3) is 0.556. The Labute approximate surface area is 144 Å². The number of carbonyl (C=O) groups excluding carboxylic acids is 2. The smallest absolute Gasteiger partial charge is 0.231 e. The van der Waals surface area contributed by atoms with Crippen LogP contribution in [0.1, 0.15) is 31.7 Å². The third-order valence-corrected chi connectivity index (χ3v) is 3.77. The molecule has 0 atom stereocenters. The third-order valence-electron chi connectivity index (χ3n) is 3.77. The summed E-state index contributed by atoms with van der Waals surface area (Å²) in [5, 5.41) is 2.78. The normalized spacial score (nSPS) is 10.2. The van der Waals surface area contributed by atoms with E-state index in [0.29, 0.717) is 31.0 Å². The lowest BCUT2D eigenvalue weighted by molar-refractivity contribution is -0.135. The molecule has 0 aliphatic rings. The number of benzene rings is 1. The van der Waals surface area contributed by atoms with Crippen molar-refractivity contribution in [2.45, 2.75) is 32.6 Å². The van der Waals surface area contributed by atoms with Gasteiger partial charge in [-0.2, -0.15) is 0 Å². The third kappa shape index (κ3) is 6.48. The van der Waals surface area contributed by atoms with E-state index >= 15 is 0 Å². The second-order valence-corrected chi connectivity index (χ2v) is 5.63. The summed E-state index contributed by atoms with van der Waals surface area (Å²) in [5.74, 6) is 0.941. The molecular formula is C18H28N2O4. The van der Waals surface area contributed by atoms with Crippen molar-refractivity contribution in [1.82, 2.24) is 10.2 Å². The summed E-state index contributed by atoms with van der Waals surface area (Å²) >= 11 is 0. The Morgan fingerprint density at radius 2 is 1.88 bits per heavy atom. The molecule has 0 saturated heterocycles. The van der Waals surface area contributed by atoms with Crippen LogP contribution in [0.25, 0.3) is 0 Å². The molecule has 2 amide bonds. The summed E-state index contributed by atoms with van der Waals surface area (Å²) in [4.78, 5) is 25.3. The first-order valence-electron chi connectivity index (χ1n) is 8.23. The zero-order valence-corrected chi connectivity index (χ0v) is 15.1. The van der Waals surface area contributed by atoms with Crippen LogP contribution >= 0.6 is 0 Å². The molecule has 24 heavy (non-hydrogen) atoms. The lowest BCUT2D eigenvalue weighted by atomic mass is 10.1. The van der Waals surface area contributed by atoms with E-state index in [-0.39, 0.29) is 18.2 Å². The summed E-state index contributed by atoms with van der Waals surface area (Å²) in [6.07, 6.45) is 2.52. The van der Waals surface area contributed by atoms with Crippen molar-refractivity contribution >= 4 is 11.8 Å². The van der Waals surface area contributed by atoms with Crippen LogP contribution < -0.4 is 14.8 Å². The fourth-order valence-electron chi connectivity index (χ4n) is 2.24. The molecule has 1 N–H and O–H groups in total. The molecule has 6 heteroatoms. The minimum atomic E-state index is -0.246. The maximum atomic E-state index is 11.9. The molecule has 1 aromatic carbocycles. The molecule has 0 fully saturated rings. The molecule has 0 unspecified atom stereocenters. The van der Waals surface area contributed by atoms with Gasteiger partial charge < -0.3 is 19.7 Å². The molecular weight excluding hydrogens is 308 g/mol. The van der Waals surface area contributed by atoms with Gasteiger partial charge in [-0.25, -0.2) is 0 Å². The van der Waals surface area contributed by atoms with Crippen LogP contribution in [0, 0.1) is 0 Å². The lowest BCUT2D eigenvalue weighted by Gasteiger charge is -2.16. The average molecular weight is 336 g/mol. The first kappa shape index (κ1) is 19.8. The number of rotatable bonds is 10. The Morgan fingerprint density at radius 3 is 2.50 bits per heavy atom. The minimum absolute atomic E-state index is 0.105. The maximum absolute atomic E-state index is 11.9. The Kier molecular flexibility index (Phi) is 8.68. The Balaban J connectivity index is 2.39. The van der Waals surface area contributed by atoms with Crippen LogP contribution in [0.4, 0.5) is 0 Å². The maximum Gasteiger partial charge on any atom is 0.231 e. The lowest BCUT2D eigenvalue weighted by Crippen LogP contribution is -2.34. The number of carbonyl (C=O) groups is 2. The van der Waals surface area contributed by atoms with Crippen molar-refractivity contribution in [2.24, 2.45) is 0 Å². The van der Waals surface area contributed by atoms with E-state index in [1.807, 2.05) is 18.2 Å². The van der Waals surface area contributed by atoms with Gasteiger partial charge in [0.2, 0.25) is 11.8 Å². The van der Waals surface area contributed by atoms with Crippen molar-refractivity contribution in [1.29, 1.82) is 0 Å². The molecule has 0 aliphatic heterocycles. The van der Waals surface area contributed by atoms with E-state index < -0.39 is 0 Å². The Morgan fingerprint density at radius 1 is 1.17 bits per heavy atom. The highest BCUT2D eigenvalue weighted by Crippen LogP contribution is 2.27. The fourth-order valence-corrected chi connectivity index (χ4v) is 2.24. The number of amides is 2. The van der Waals surface area contributed by atoms with Crippen molar-refractivity contribution in [3.63, 3.8) is 0 Å². The van der Waals surface area contributed by atoms with Gasteiger partial charge in [-0.05, 0) is 30.5 Å². The number of unbranched alkanes of at least 4 members (excludes halogenated alkanes) is 1. The molecule has 1 aromatic rings. The van der Waals surface area contributed by atoms with Gasteiger partial charge in [0.1, 0.15) is 6.42 Å². The highest BCUT2D eigenvalue weighted by Gasteiger charge is 2.13. The summed E-state index contributed by atoms with van der Waals surface area (Å²) in [5.41, 5.74) is 1.03. The molecule has 1 rings (SSSR count). The predicted molar refractivity (Wildman–Crippen MR) is 93.4 cm³/mol. The van der Waals surface area contributed by atoms with Gasteiger partial charge in [-0.1, -0.05) is 19.4 Å². The van der Waals surface area contributed by atoms with E-state index in [2.05, 4.69) is 12.2 Å². The van der Waals surface area contributed by atoms with Crippen molar-refractivity contribution in [2.75, 3.05) is 34.4 Å². The highest BCUT2D eigenvalue weighted by atomic mass is 16.5. The molecule has 0 saturated carbocycles. The van der Waals surface area contributed by atoms with E-state index in [1.165, 1.54) is 0 Å². The van der Waals surface area contributed by atoms with Gasteiger partial charge in [0.05, 0.1) is 14.2 Å². The largest absolute Gasteiger partial charge is 0.493 e. The molecule has 0 bridgehead atoms. The average Bonchev–Trinajstić information content (AvgIpc) is 2.59. The number of methoxy groups -OCH3 is 2. The molecule has 0 radical (unpaired) electrons. The van der Waals surface area contributed by atoms with E-state index in [1.54, 1.807) is 26.2 Å². The summed E-state index contributed by atoms with van der Waals surface area (Å²) in [6, 6.07) is 5.65. The summed E-state index contributed by atoms with van der Waals surface area (Å²) in [7, 11) is 4.91. The topological polar surface area (TPSA) is 67.9 Å². The van der Waals surface area contributed by atoms with Crippen LogP contribution in [0.15, 0.2) is 18.2 Å². The standard InChI is InChI=1S/C18H28N2O4/c1-5-6-11-20(2)18(22)13-17(21)19-10-9-14-7-8-15(23-3)16(12-14)24-4/h7-8,12H,5-6,9-11,13H2,1-4H3,(H,19,21). The van der Waals surface area contributed by atoms with Gasteiger partial charge in [0, 0.05) is 20.1 Å². The van der Waals surface area contributed by atoms with Gasteiger partial charge >= 0.3 is 0 Å². The predicted octanol–water partition coefficient (Wildman–Crippen LogP) is 2.01. The first-order chi connectivity index (χ1) is 11.5. The van der Waals surface area contributed by atoms with E-state index in [4.69, 9.17) is 9.47 Å². The van der Waals surface area contributed by atoms with E-state index in [0.717, 1.165) is 18.4 Å². The molecule has 134 valence electrons. The monoisotopic (exact) mass is 336 g/mol. The second-order valence-electron chi connectivity index (χ2n) is 5.63. The second kappa shape index (κ2) is 10.5. The SMILES string of the molecule is CCCCN(C)C(=O)CC(=O)NCCc1ccc(OC)c(OC)c1. The van der Waals surface area contributed by atoms with Crippen LogP contribution in [-0.4, -0.2) is 51.1 Å². The molecule has 0 aliphatic carbocycles. The molecule has 0 heterocycles. The van der Waals surface area contributed by atoms with Crippen LogP contribution in [0.5, 0.6) is 11.5 Å². The molecule has 0 aromatic heterocycles. The first-order valence-corrected chi connectivity index (χ1v) is 8.23. The zero-order valence-electron chi connectivity index (χ0n) is 15.1. The van der Waals surface area contributed by atoms with E-state index in [9.17, 15) is 9.59 Å². The molecule has 6 nitrogen and oxygen atoms in total. The number of ether oxygens (including phenoxy) is 2. The van der Waals surface area contributed by atoms with Crippen molar-refractivity contribution < 1.29 is 19.1 Å².